The van der Waals surface area contributed by atoms with Gasteiger partial charge in [0.2, 0.25) is 0 Å². The Balaban J connectivity index is 2.00. The number of nitrogens with zero attached hydrogens (tertiary/aromatic N) is 3. The molecule has 0 spiro atoms. The maximum Gasteiger partial charge on any atom is 0.262 e. The van der Waals surface area contributed by atoms with Crippen LogP contribution in [0.2, 0.25) is 0 Å². The third-order valence-corrected chi connectivity index (χ3v) is 3.00. The first-order chi connectivity index (χ1) is 9.78. The zero-order valence-corrected chi connectivity index (χ0v) is 10.4. The minimum Gasteiger partial charge on any atom is -0.482 e. The lowest BCUT2D eigenvalue weighted by Gasteiger charge is -2.19. The molecule has 0 bridgehead atoms. The molecule has 20 heavy (non-hydrogen) atoms. The maximum absolute atomic E-state index is 11.3. The summed E-state index contributed by atoms with van der Waals surface area (Å²) >= 11 is 0. The number of anilines is 1. The van der Waals surface area contributed by atoms with Crippen molar-refractivity contribution >= 4 is 11.6 Å². The average Bonchev–Trinajstić information content (AvgIpc) is 2.49. The van der Waals surface area contributed by atoms with E-state index in [-0.39, 0.29) is 12.5 Å². The Morgan fingerprint density at radius 3 is 3.05 bits per heavy atom. The Bertz CT molecular complexity index is 694. The van der Waals surface area contributed by atoms with Gasteiger partial charge in [0.15, 0.2) is 6.61 Å². The molecule has 1 N–H and O–H groups in total. The van der Waals surface area contributed by atoms with Gasteiger partial charge in [-0.15, -0.1) is 0 Å². The van der Waals surface area contributed by atoms with Crippen LogP contribution in [0.4, 0.5) is 5.69 Å². The van der Waals surface area contributed by atoms with Crippen molar-refractivity contribution in [3.8, 4) is 11.8 Å². The van der Waals surface area contributed by atoms with Gasteiger partial charge in [0, 0.05) is 6.20 Å². The quantitative estimate of drug-likeness (QED) is 0.889. The fourth-order valence-electron chi connectivity index (χ4n) is 2.06. The fourth-order valence-corrected chi connectivity index (χ4v) is 2.06. The lowest BCUT2D eigenvalue weighted by Crippen LogP contribution is -2.25. The number of nitrogens with one attached hydrogen (secondary N) is 1. The first kappa shape index (κ1) is 12.1. The second-order valence-corrected chi connectivity index (χ2v) is 4.29. The van der Waals surface area contributed by atoms with Crippen molar-refractivity contribution in [2.45, 2.75) is 5.92 Å². The van der Waals surface area contributed by atoms with Crippen LogP contribution < -0.4 is 10.1 Å². The van der Waals surface area contributed by atoms with Crippen molar-refractivity contribution in [2.24, 2.45) is 0 Å². The summed E-state index contributed by atoms with van der Waals surface area (Å²) in [5.74, 6) is -0.111. The van der Waals surface area contributed by atoms with E-state index in [1.165, 1.54) is 6.33 Å². The number of fused-ring (bicyclic) bond motifs is 1. The number of nitriles is 1. The van der Waals surface area contributed by atoms with Crippen molar-refractivity contribution in [3.05, 3.63) is 48.0 Å². The summed E-state index contributed by atoms with van der Waals surface area (Å²) in [6.07, 6.45) is 3.00. The highest BCUT2D eigenvalue weighted by Gasteiger charge is 2.20. The zero-order valence-electron chi connectivity index (χ0n) is 10.4. The second kappa shape index (κ2) is 4.97. The van der Waals surface area contributed by atoms with E-state index in [2.05, 4.69) is 21.4 Å². The average molecular weight is 266 g/mol. The van der Waals surface area contributed by atoms with Crippen molar-refractivity contribution < 1.29 is 9.53 Å². The van der Waals surface area contributed by atoms with Crippen LogP contribution in [0.15, 0.2) is 36.8 Å². The standard InChI is InChI=1S/C14H10N4O2/c15-6-10(11-3-4-16-8-17-11)9-1-2-13-12(5-9)18-14(19)7-20-13/h1-5,8,10H,7H2,(H,18,19). The largest absolute Gasteiger partial charge is 0.482 e. The van der Waals surface area contributed by atoms with Crippen LogP contribution in [0.1, 0.15) is 17.2 Å². The van der Waals surface area contributed by atoms with E-state index in [9.17, 15) is 10.1 Å². The molecule has 6 nitrogen and oxygen atoms in total. The van der Waals surface area contributed by atoms with Crippen LogP contribution in [0.5, 0.6) is 5.75 Å². The third kappa shape index (κ3) is 2.17. The molecule has 1 unspecified atom stereocenters. The number of aromatic nitrogens is 2. The minimum absolute atomic E-state index is 0.0138. The summed E-state index contributed by atoms with van der Waals surface area (Å²) in [4.78, 5) is 19.3. The molecule has 2 heterocycles. The molecular formula is C14H10N4O2. The highest BCUT2D eigenvalue weighted by Crippen LogP contribution is 2.32. The Morgan fingerprint density at radius 2 is 2.30 bits per heavy atom. The SMILES string of the molecule is N#CC(c1ccc2c(c1)NC(=O)CO2)c1ccncn1. The van der Waals surface area contributed by atoms with Crippen molar-refractivity contribution in [2.75, 3.05) is 11.9 Å². The number of hydrogen-bond acceptors (Lipinski definition) is 5. The van der Waals surface area contributed by atoms with Crippen LogP contribution in [-0.2, 0) is 4.79 Å². The molecule has 0 saturated heterocycles. The number of ether oxygens (including phenoxy) is 1. The highest BCUT2D eigenvalue weighted by molar-refractivity contribution is 5.95. The molecule has 1 atom stereocenters. The normalized spacial score (nSPS) is 14.4. The first-order valence-corrected chi connectivity index (χ1v) is 6.00. The molecule has 6 heteroatoms. The van der Waals surface area contributed by atoms with Gasteiger partial charge >= 0.3 is 0 Å². The number of carbonyl (C=O) groups excluding carboxylic acids is 1. The van der Waals surface area contributed by atoms with Gasteiger partial charge in [-0.25, -0.2) is 9.97 Å². The minimum atomic E-state index is -0.512. The summed E-state index contributed by atoms with van der Waals surface area (Å²) in [6, 6.07) is 9.19. The second-order valence-electron chi connectivity index (χ2n) is 4.29. The van der Waals surface area contributed by atoms with Crippen molar-refractivity contribution in [1.29, 1.82) is 5.26 Å². The molecule has 0 saturated carbocycles. The van der Waals surface area contributed by atoms with Gasteiger partial charge in [-0.3, -0.25) is 4.79 Å². The van der Waals surface area contributed by atoms with Crippen molar-refractivity contribution in [3.63, 3.8) is 0 Å². The Morgan fingerprint density at radius 1 is 1.40 bits per heavy atom. The molecule has 98 valence electrons. The molecule has 1 aliphatic rings. The fraction of sp³-hybridized carbons (Fsp3) is 0.143. The summed E-state index contributed by atoms with van der Waals surface area (Å²) in [5, 5.41) is 12.1. The first-order valence-electron chi connectivity index (χ1n) is 6.00. The third-order valence-electron chi connectivity index (χ3n) is 3.00. The smallest absolute Gasteiger partial charge is 0.262 e. The summed E-state index contributed by atoms with van der Waals surface area (Å²) in [5.41, 5.74) is 1.94. The summed E-state index contributed by atoms with van der Waals surface area (Å²) in [7, 11) is 0. The molecule has 2 aromatic rings. The molecular weight excluding hydrogens is 256 g/mol. The molecule has 1 aromatic heterocycles. The van der Waals surface area contributed by atoms with Gasteiger partial charge in [0.05, 0.1) is 17.5 Å². The number of amides is 1. The Labute approximate surface area is 115 Å². The maximum atomic E-state index is 11.3. The van der Waals surface area contributed by atoms with Gasteiger partial charge in [0.1, 0.15) is 18.0 Å². The van der Waals surface area contributed by atoms with E-state index in [1.54, 1.807) is 30.5 Å². The molecule has 0 fully saturated rings. The molecule has 1 aliphatic heterocycles. The van der Waals surface area contributed by atoms with Gasteiger partial charge < -0.3 is 10.1 Å². The van der Waals surface area contributed by atoms with Gasteiger partial charge in [0.25, 0.3) is 5.91 Å². The van der Waals surface area contributed by atoms with E-state index in [0.29, 0.717) is 17.1 Å². The molecule has 1 aromatic carbocycles. The van der Waals surface area contributed by atoms with E-state index in [1.807, 2.05) is 0 Å². The lowest BCUT2D eigenvalue weighted by molar-refractivity contribution is -0.118. The van der Waals surface area contributed by atoms with Gasteiger partial charge in [-0.05, 0) is 23.8 Å². The van der Waals surface area contributed by atoms with Gasteiger partial charge in [-0.2, -0.15) is 5.26 Å². The number of hydrogen-bond donors (Lipinski definition) is 1. The Hall–Kier alpha value is -2.94. The summed E-state index contributed by atoms with van der Waals surface area (Å²) < 4.78 is 5.29. The van der Waals surface area contributed by atoms with Crippen LogP contribution >= 0.6 is 0 Å². The molecule has 1 amide bonds. The lowest BCUT2D eigenvalue weighted by atomic mass is 9.96. The van der Waals surface area contributed by atoms with Crippen LogP contribution in [0.25, 0.3) is 0 Å². The number of rotatable bonds is 2. The van der Waals surface area contributed by atoms with E-state index in [0.717, 1.165) is 5.56 Å². The predicted octanol–water partition coefficient (Wildman–Crippen LogP) is 1.46. The molecule has 3 rings (SSSR count). The van der Waals surface area contributed by atoms with E-state index in [4.69, 9.17) is 4.74 Å². The van der Waals surface area contributed by atoms with Gasteiger partial charge in [-0.1, -0.05) is 6.07 Å². The Kier molecular flexibility index (Phi) is 3.01. The number of benzene rings is 1. The predicted molar refractivity (Wildman–Crippen MR) is 70.1 cm³/mol. The number of carbonyl (C=O) groups is 1. The van der Waals surface area contributed by atoms with Crippen LogP contribution in [-0.4, -0.2) is 22.5 Å². The topological polar surface area (TPSA) is 87.9 Å². The van der Waals surface area contributed by atoms with E-state index >= 15 is 0 Å². The molecule has 0 aliphatic carbocycles. The van der Waals surface area contributed by atoms with Crippen LogP contribution in [0, 0.1) is 11.3 Å². The monoisotopic (exact) mass is 266 g/mol. The summed E-state index contributed by atoms with van der Waals surface area (Å²) in [6.45, 7) is 0.0138. The molecule has 0 radical (unpaired) electrons. The van der Waals surface area contributed by atoms with E-state index < -0.39 is 5.92 Å². The highest BCUT2D eigenvalue weighted by atomic mass is 16.5. The van der Waals surface area contributed by atoms with Crippen molar-refractivity contribution in [1.82, 2.24) is 9.97 Å². The zero-order chi connectivity index (χ0) is 13.9. The van der Waals surface area contributed by atoms with Crippen LogP contribution in [0.3, 0.4) is 0 Å².